The Morgan fingerprint density at radius 3 is 2.88 bits per heavy atom. The summed E-state index contributed by atoms with van der Waals surface area (Å²) in [4.78, 5) is 12.4. The molecule has 1 N–H and O–H groups in total. The molecule has 1 aromatic heterocycles. The van der Waals surface area contributed by atoms with Gasteiger partial charge in [0.15, 0.2) is 11.5 Å². The molecule has 138 valence electrons. The fourth-order valence-electron chi connectivity index (χ4n) is 2.98. The first-order chi connectivity index (χ1) is 12.7. The maximum atomic E-state index is 12.4. The summed E-state index contributed by atoms with van der Waals surface area (Å²) in [5.74, 6) is 2.71. The van der Waals surface area contributed by atoms with Gasteiger partial charge in [0.05, 0.1) is 6.04 Å². The number of hydrogen-bond donors (Lipinski definition) is 1. The highest BCUT2D eigenvalue weighted by Gasteiger charge is 2.34. The Morgan fingerprint density at radius 2 is 2.15 bits per heavy atom. The summed E-state index contributed by atoms with van der Waals surface area (Å²) in [5, 5.41) is 15.2. The van der Waals surface area contributed by atoms with E-state index in [-0.39, 0.29) is 11.9 Å². The van der Waals surface area contributed by atoms with Crippen LogP contribution in [-0.2, 0) is 11.8 Å². The highest BCUT2D eigenvalue weighted by molar-refractivity contribution is 7.99. The van der Waals surface area contributed by atoms with Crippen LogP contribution in [0.2, 0.25) is 0 Å². The minimum atomic E-state index is 0.0276. The topological polar surface area (TPSA) is 91.2 Å². The van der Waals surface area contributed by atoms with Gasteiger partial charge in [-0.25, -0.2) is 4.68 Å². The molecule has 1 aliphatic heterocycles. The van der Waals surface area contributed by atoms with Crippen molar-refractivity contribution in [3.63, 3.8) is 0 Å². The number of thioether (sulfide) groups is 1. The molecule has 4 rings (SSSR count). The molecule has 2 aromatic rings. The number of benzene rings is 1. The van der Waals surface area contributed by atoms with Crippen LogP contribution in [0.25, 0.3) is 0 Å². The highest BCUT2D eigenvalue weighted by atomic mass is 32.2. The molecule has 0 unspecified atom stereocenters. The summed E-state index contributed by atoms with van der Waals surface area (Å²) >= 11 is 1.48. The van der Waals surface area contributed by atoms with Crippen molar-refractivity contribution in [1.82, 2.24) is 25.5 Å². The molecule has 1 fully saturated rings. The zero-order valence-corrected chi connectivity index (χ0v) is 15.4. The summed E-state index contributed by atoms with van der Waals surface area (Å²) in [5.41, 5.74) is 1.08. The number of hydrogen-bond acceptors (Lipinski definition) is 7. The van der Waals surface area contributed by atoms with Crippen molar-refractivity contribution >= 4 is 17.7 Å². The number of aryl methyl sites for hydroxylation is 1. The van der Waals surface area contributed by atoms with Gasteiger partial charge in [-0.05, 0) is 46.9 Å². The molecule has 2 heterocycles. The van der Waals surface area contributed by atoms with Crippen LogP contribution in [0.1, 0.15) is 30.9 Å². The number of nitrogens with zero attached hydrogens (tertiary/aromatic N) is 4. The average molecular weight is 375 g/mol. The zero-order valence-electron chi connectivity index (χ0n) is 14.6. The third-order valence-electron chi connectivity index (χ3n) is 4.48. The predicted octanol–water partition coefficient (Wildman–Crippen LogP) is 1.73. The number of rotatable bonds is 7. The van der Waals surface area contributed by atoms with Gasteiger partial charge in [-0.15, -0.1) is 5.10 Å². The van der Waals surface area contributed by atoms with Crippen LogP contribution in [0, 0.1) is 5.92 Å². The number of fused-ring (bicyclic) bond motifs is 1. The summed E-state index contributed by atoms with van der Waals surface area (Å²) in [6, 6.07) is 5.98. The van der Waals surface area contributed by atoms with Gasteiger partial charge in [0.25, 0.3) is 0 Å². The van der Waals surface area contributed by atoms with Crippen molar-refractivity contribution in [3.05, 3.63) is 23.8 Å². The first kappa shape index (κ1) is 17.1. The van der Waals surface area contributed by atoms with Crippen molar-refractivity contribution in [2.24, 2.45) is 13.0 Å². The Balaban J connectivity index is 1.36. The molecule has 1 saturated carbocycles. The molecule has 0 spiro atoms. The van der Waals surface area contributed by atoms with Gasteiger partial charge in [-0.2, -0.15) is 0 Å². The number of tetrazole rings is 1. The van der Waals surface area contributed by atoms with E-state index in [1.54, 1.807) is 11.7 Å². The molecule has 1 amide bonds. The maximum Gasteiger partial charge on any atom is 0.221 e. The van der Waals surface area contributed by atoms with Gasteiger partial charge < -0.3 is 14.8 Å². The van der Waals surface area contributed by atoms with Crippen LogP contribution in [0.15, 0.2) is 23.4 Å². The first-order valence-corrected chi connectivity index (χ1v) is 9.73. The molecule has 1 atom stereocenters. The lowest BCUT2D eigenvalue weighted by Crippen LogP contribution is -2.30. The number of nitrogens with one attached hydrogen (secondary N) is 1. The summed E-state index contributed by atoms with van der Waals surface area (Å²) in [6.45, 7) is 1.14. The second kappa shape index (κ2) is 7.53. The molecular weight excluding hydrogens is 354 g/mol. The number of aromatic nitrogens is 4. The summed E-state index contributed by atoms with van der Waals surface area (Å²) in [7, 11) is 1.79. The van der Waals surface area contributed by atoms with Crippen molar-refractivity contribution in [2.45, 2.75) is 30.5 Å². The predicted molar refractivity (Wildman–Crippen MR) is 95.2 cm³/mol. The molecule has 2 aliphatic rings. The van der Waals surface area contributed by atoms with E-state index in [1.807, 2.05) is 18.2 Å². The molecule has 1 aromatic carbocycles. The van der Waals surface area contributed by atoms with Gasteiger partial charge in [0.2, 0.25) is 11.1 Å². The van der Waals surface area contributed by atoms with Gasteiger partial charge >= 0.3 is 0 Å². The Morgan fingerprint density at radius 1 is 1.35 bits per heavy atom. The number of carbonyl (C=O) groups is 1. The smallest absolute Gasteiger partial charge is 0.221 e. The molecular formula is C17H21N5O3S. The lowest BCUT2D eigenvalue weighted by atomic mass is 10.0. The zero-order chi connectivity index (χ0) is 17.9. The first-order valence-electron chi connectivity index (χ1n) is 8.75. The fourth-order valence-corrected chi connectivity index (χ4v) is 3.77. The van der Waals surface area contributed by atoms with E-state index in [0.717, 1.165) is 29.9 Å². The van der Waals surface area contributed by atoms with Crippen LogP contribution in [0.3, 0.4) is 0 Å². The lowest BCUT2D eigenvalue weighted by Gasteiger charge is -2.23. The molecule has 26 heavy (non-hydrogen) atoms. The van der Waals surface area contributed by atoms with Gasteiger partial charge in [-0.3, -0.25) is 4.79 Å². The van der Waals surface area contributed by atoms with Gasteiger partial charge in [-0.1, -0.05) is 17.8 Å². The van der Waals surface area contributed by atoms with Crippen LogP contribution in [0.5, 0.6) is 11.5 Å². The SMILES string of the molecule is Cn1nnnc1SCCC(=O)N[C@H](c1ccc2c(c1)OCCO2)C1CC1. The molecule has 0 radical (unpaired) electrons. The Labute approximate surface area is 155 Å². The van der Waals surface area contributed by atoms with E-state index < -0.39 is 0 Å². The quantitative estimate of drug-likeness (QED) is 0.737. The standard InChI is InChI=1S/C17H21N5O3S/c1-22-17(19-20-21-22)26-9-6-15(23)18-16(11-2-3-11)12-4-5-13-14(10-12)25-8-7-24-13/h4-5,10-11,16H,2-3,6-9H2,1H3,(H,18,23)/t16-/m0/s1. The van der Waals surface area contributed by atoms with Crippen molar-refractivity contribution in [3.8, 4) is 11.5 Å². The van der Waals surface area contributed by atoms with E-state index in [2.05, 4.69) is 20.8 Å². The Kier molecular flexibility index (Phi) is 4.96. The van der Waals surface area contributed by atoms with E-state index in [0.29, 0.717) is 36.5 Å². The maximum absolute atomic E-state index is 12.4. The van der Waals surface area contributed by atoms with E-state index in [9.17, 15) is 4.79 Å². The Bertz CT molecular complexity index is 792. The molecule has 1 aliphatic carbocycles. The van der Waals surface area contributed by atoms with E-state index in [4.69, 9.17) is 9.47 Å². The third-order valence-corrected chi connectivity index (χ3v) is 5.49. The average Bonchev–Trinajstić information content (AvgIpc) is 3.42. The van der Waals surface area contributed by atoms with Crippen LogP contribution in [-0.4, -0.2) is 45.1 Å². The Hall–Kier alpha value is -2.29. The monoisotopic (exact) mass is 375 g/mol. The van der Waals surface area contributed by atoms with Crippen molar-refractivity contribution in [2.75, 3.05) is 19.0 Å². The summed E-state index contributed by atoms with van der Waals surface area (Å²) in [6.07, 6.45) is 2.70. The molecule has 8 nitrogen and oxygen atoms in total. The van der Waals surface area contributed by atoms with Crippen LogP contribution >= 0.6 is 11.8 Å². The molecule has 0 bridgehead atoms. The van der Waals surface area contributed by atoms with Crippen molar-refractivity contribution in [1.29, 1.82) is 0 Å². The second-order valence-corrected chi connectivity index (χ2v) is 7.53. The third kappa shape index (κ3) is 3.92. The van der Waals surface area contributed by atoms with E-state index in [1.165, 1.54) is 11.8 Å². The van der Waals surface area contributed by atoms with Crippen LogP contribution in [0.4, 0.5) is 0 Å². The number of carbonyl (C=O) groups excluding carboxylic acids is 1. The van der Waals surface area contributed by atoms with Crippen LogP contribution < -0.4 is 14.8 Å². The molecule has 9 heteroatoms. The number of ether oxygens (including phenoxy) is 2. The minimum absolute atomic E-state index is 0.0276. The van der Waals surface area contributed by atoms with Gasteiger partial charge in [0.1, 0.15) is 13.2 Å². The van der Waals surface area contributed by atoms with E-state index >= 15 is 0 Å². The fraction of sp³-hybridized carbons (Fsp3) is 0.529. The minimum Gasteiger partial charge on any atom is -0.486 e. The van der Waals surface area contributed by atoms with Gasteiger partial charge in [0, 0.05) is 19.2 Å². The van der Waals surface area contributed by atoms with Crippen molar-refractivity contribution < 1.29 is 14.3 Å². The molecule has 0 saturated heterocycles. The largest absolute Gasteiger partial charge is 0.486 e. The highest BCUT2D eigenvalue weighted by Crippen LogP contribution is 2.43. The lowest BCUT2D eigenvalue weighted by molar-refractivity contribution is -0.121. The summed E-state index contributed by atoms with van der Waals surface area (Å²) < 4.78 is 12.9. The number of amides is 1. The normalized spacial score (nSPS) is 17.0. The second-order valence-electron chi connectivity index (χ2n) is 6.47.